The van der Waals surface area contributed by atoms with Gasteiger partial charge in [-0.15, -0.1) is 0 Å². The Kier molecular flexibility index (Phi) is 7.34. The molecule has 0 aliphatic carbocycles. The third-order valence-electron chi connectivity index (χ3n) is 2.44. The Hall–Kier alpha value is -0.610. The Morgan fingerprint density at radius 1 is 1.40 bits per heavy atom. The van der Waals surface area contributed by atoms with Crippen molar-refractivity contribution in [3.8, 4) is 0 Å². The molecule has 1 fully saturated rings. The van der Waals surface area contributed by atoms with E-state index in [1.54, 1.807) is 12.0 Å². The topological polar surface area (TPSA) is 49.8 Å². The largest absolute Gasteiger partial charge is 0.384 e. The number of nitrogens with zero attached hydrogens (tertiary/aromatic N) is 1. The smallest absolute Gasteiger partial charge is 0.251 e. The van der Waals surface area contributed by atoms with Crippen LogP contribution in [-0.4, -0.2) is 48.3 Å². The van der Waals surface area contributed by atoms with E-state index in [0.717, 1.165) is 12.8 Å². The summed E-state index contributed by atoms with van der Waals surface area (Å²) in [6.45, 7) is 6.90. The fourth-order valence-corrected chi connectivity index (χ4v) is 1.58. The van der Waals surface area contributed by atoms with Gasteiger partial charge in [-0.25, -0.2) is 0 Å². The minimum atomic E-state index is -0.876. The number of methoxy groups -OCH3 is 1. The van der Waals surface area contributed by atoms with Gasteiger partial charge in [0.05, 0.1) is 6.10 Å². The van der Waals surface area contributed by atoms with E-state index in [1.165, 1.54) is 6.92 Å². The van der Waals surface area contributed by atoms with Gasteiger partial charge in [-0.1, -0.05) is 13.8 Å². The molecule has 0 spiro atoms. The number of aliphatic hydroxyl groups is 1. The number of likely N-dealkylation sites (tertiary alicyclic amines) is 1. The molecule has 90 valence electrons. The number of carbonyl (C=O) groups is 1. The minimum Gasteiger partial charge on any atom is -0.384 e. The standard InChI is InChI=1S/C9H17NO3.C2H6/c1-7(11)9(12)10-5-3-8(13-2)4-6-10;1-2/h7-8,11H,3-6H2,1-2H3;1-2H3. The zero-order valence-corrected chi connectivity index (χ0v) is 10.2. The van der Waals surface area contributed by atoms with Gasteiger partial charge in [0.1, 0.15) is 6.10 Å². The second-order valence-electron chi connectivity index (χ2n) is 3.44. The average Bonchev–Trinajstić information content (AvgIpc) is 2.31. The summed E-state index contributed by atoms with van der Waals surface area (Å²) < 4.78 is 5.18. The molecule has 1 N–H and O–H groups in total. The van der Waals surface area contributed by atoms with Crippen LogP contribution in [0.4, 0.5) is 0 Å². The van der Waals surface area contributed by atoms with Gasteiger partial charge in [-0.05, 0) is 19.8 Å². The molecule has 1 unspecified atom stereocenters. The number of aliphatic hydroxyl groups excluding tert-OH is 1. The number of carbonyl (C=O) groups excluding carboxylic acids is 1. The quantitative estimate of drug-likeness (QED) is 0.751. The van der Waals surface area contributed by atoms with Crippen LogP contribution < -0.4 is 0 Å². The summed E-state index contributed by atoms with van der Waals surface area (Å²) in [6.07, 6.45) is 1.14. The van der Waals surface area contributed by atoms with Gasteiger partial charge < -0.3 is 14.7 Å². The predicted octanol–water partition coefficient (Wildman–Crippen LogP) is 1.03. The molecule has 1 rings (SSSR count). The van der Waals surface area contributed by atoms with Crippen molar-refractivity contribution in [3.05, 3.63) is 0 Å². The van der Waals surface area contributed by atoms with Gasteiger partial charge >= 0.3 is 0 Å². The monoisotopic (exact) mass is 217 g/mol. The Bertz CT molecular complexity index is 175. The van der Waals surface area contributed by atoms with Crippen LogP contribution in [0.5, 0.6) is 0 Å². The summed E-state index contributed by atoms with van der Waals surface area (Å²) in [7, 11) is 1.69. The van der Waals surface area contributed by atoms with E-state index in [-0.39, 0.29) is 12.0 Å². The van der Waals surface area contributed by atoms with Crippen LogP contribution in [-0.2, 0) is 9.53 Å². The van der Waals surface area contributed by atoms with Crippen molar-refractivity contribution in [3.63, 3.8) is 0 Å². The highest BCUT2D eigenvalue weighted by molar-refractivity contribution is 5.80. The lowest BCUT2D eigenvalue weighted by atomic mass is 10.1. The van der Waals surface area contributed by atoms with Crippen molar-refractivity contribution in [2.24, 2.45) is 0 Å². The third kappa shape index (κ3) is 4.62. The first-order chi connectivity index (χ1) is 7.15. The normalized spacial score (nSPS) is 19.1. The van der Waals surface area contributed by atoms with Gasteiger partial charge in [0.15, 0.2) is 0 Å². The summed E-state index contributed by atoms with van der Waals surface area (Å²) in [4.78, 5) is 13.0. The van der Waals surface area contributed by atoms with Crippen molar-refractivity contribution in [2.75, 3.05) is 20.2 Å². The van der Waals surface area contributed by atoms with Crippen LogP contribution in [0.25, 0.3) is 0 Å². The second-order valence-corrected chi connectivity index (χ2v) is 3.44. The highest BCUT2D eigenvalue weighted by Crippen LogP contribution is 2.13. The first kappa shape index (κ1) is 14.4. The molecule has 0 aromatic heterocycles. The van der Waals surface area contributed by atoms with Crippen LogP contribution in [0.15, 0.2) is 0 Å². The van der Waals surface area contributed by atoms with Crippen molar-refractivity contribution >= 4 is 5.91 Å². The van der Waals surface area contributed by atoms with E-state index in [9.17, 15) is 4.79 Å². The van der Waals surface area contributed by atoms with Gasteiger partial charge in [-0.2, -0.15) is 0 Å². The Labute approximate surface area is 92.2 Å². The number of rotatable bonds is 2. The van der Waals surface area contributed by atoms with E-state index in [0.29, 0.717) is 13.1 Å². The van der Waals surface area contributed by atoms with Gasteiger partial charge in [0, 0.05) is 20.2 Å². The van der Waals surface area contributed by atoms with E-state index < -0.39 is 6.10 Å². The number of hydrogen-bond acceptors (Lipinski definition) is 3. The summed E-state index contributed by atoms with van der Waals surface area (Å²) in [5.74, 6) is -0.172. The molecular formula is C11H23NO3. The molecule has 1 aliphatic heterocycles. The van der Waals surface area contributed by atoms with Crippen molar-refractivity contribution in [1.82, 2.24) is 4.90 Å². The van der Waals surface area contributed by atoms with Gasteiger partial charge in [0.25, 0.3) is 5.91 Å². The Morgan fingerprint density at radius 2 is 1.87 bits per heavy atom. The lowest BCUT2D eigenvalue weighted by Gasteiger charge is -2.31. The number of ether oxygens (including phenoxy) is 1. The fourth-order valence-electron chi connectivity index (χ4n) is 1.58. The predicted molar refractivity (Wildman–Crippen MR) is 59.6 cm³/mol. The molecular weight excluding hydrogens is 194 g/mol. The first-order valence-electron chi connectivity index (χ1n) is 5.64. The molecule has 0 aromatic rings. The van der Waals surface area contributed by atoms with Crippen LogP contribution >= 0.6 is 0 Å². The molecule has 15 heavy (non-hydrogen) atoms. The lowest BCUT2D eigenvalue weighted by Crippen LogP contribution is -2.44. The number of hydrogen-bond donors (Lipinski definition) is 1. The Balaban J connectivity index is 0.000000921. The molecule has 1 saturated heterocycles. The van der Waals surface area contributed by atoms with Crippen molar-refractivity contribution < 1.29 is 14.6 Å². The van der Waals surface area contributed by atoms with E-state index >= 15 is 0 Å². The van der Waals surface area contributed by atoms with Crippen LogP contribution in [0.2, 0.25) is 0 Å². The van der Waals surface area contributed by atoms with Gasteiger partial charge in [-0.3, -0.25) is 4.79 Å². The maximum Gasteiger partial charge on any atom is 0.251 e. The Morgan fingerprint density at radius 3 is 2.20 bits per heavy atom. The summed E-state index contributed by atoms with van der Waals surface area (Å²) in [6, 6.07) is 0. The molecule has 1 atom stereocenters. The van der Waals surface area contributed by atoms with Crippen LogP contribution in [0.3, 0.4) is 0 Å². The SMILES string of the molecule is CC.COC1CCN(C(=O)C(C)O)CC1. The molecule has 4 heteroatoms. The second kappa shape index (κ2) is 7.65. The highest BCUT2D eigenvalue weighted by atomic mass is 16.5. The highest BCUT2D eigenvalue weighted by Gasteiger charge is 2.24. The van der Waals surface area contributed by atoms with Crippen LogP contribution in [0.1, 0.15) is 33.6 Å². The van der Waals surface area contributed by atoms with Crippen molar-refractivity contribution in [1.29, 1.82) is 0 Å². The molecule has 0 radical (unpaired) electrons. The zero-order valence-electron chi connectivity index (χ0n) is 10.2. The summed E-state index contributed by atoms with van der Waals surface area (Å²) >= 11 is 0. The first-order valence-corrected chi connectivity index (χ1v) is 5.64. The third-order valence-corrected chi connectivity index (χ3v) is 2.44. The molecule has 1 heterocycles. The fraction of sp³-hybridized carbons (Fsp3) is 0.909. The molecule has 0 aromatic carbocycles. The lowest BCUT2D eigenvalue weighted by molar-refractivity contribution is -0.141. The summed E-state index contributed by atoms with van der Waals surface area (Å²) in [5, 5.41) is 9.07. The molecule has 0 bridgehead atoms. The summed E-state index contributed by atoms with van der Waals surface area (Å²) in [5.41, 5.74) is 0. The number of piperidine rings is 1. The molecule has 1 amide bonds. The maximum atomic E-state index is 11.3. The maximum absolute atomic E-state index is 11.3. The van der Waals surface area contributed by atoms with E-state index in [4.69, 9.17) is 9.84 Å². The minimum absolute atomic E-state index is 0.172. The van der Waals surface area contributed by atoms with Crippen molar-refractivity contribution in [2.45, 2.75) is 45.8 Å². The average molecular weight is 217 g/mol. The number of amides is 1. The van der Waals surface area contributed by atoms with E-state index in [1.807, 2.05) is 13.8 Å². The van der Waals surface area contributed by atoms with Gasteiger partial charge in [0.2, 0.25) is 0 Å². The van der Waals surface area contributed by atoms with E-state index in [2.05, 4.69) is 0 Å². The molecule has 4 nitrogen and oxygen atoms in total. The zero-order chi connectivity index (χ0) is 11.8. The molecule has 1 aliphatic rings. The molecule has 0 saturated carbocycles. The van der Waals surface area contributed by atoms with Crippen LogP contribution in [0, 0.1) is 0 Å².